The van der Waals surface area contributed by atoms with E-state index in [-0.39, 0.29) is 5.69 Å². The number of alkyl halides is 1. The lowest BCUT2D eigenvalue weighted by Gasteiger charge is -2.08. The number of halogens is 2. The molecule has 1 N–H and O–H groups in total. The largest absolute Gasteiger partial charge is 0.326 e. The minimum absolute atomic E-state index is 0.191. The molecule has 17 heavy (non-hydrogen) atoms. The molecule has 6 heteroatoms. The van der Waals surface area contributed by atoms with Gasteiger partial charge in [-0.05, 0) is 40.5 Å². The Morgan fingerprint density at radius 3 is 2.82 bits per heavy atom. The third-order valence-corrected chi connectivity index (χ3v) is 3.92. The van der Waals surface area contributed by atoms with Crippen molar-refractivity contribution in [3.05, 3.63) is 37.3 Å². The Bertz CT molecular complexity index is 692. The van der Waals surface area contributed by atoms with Crippen molar-refractivity contribution in [2.24, 2.45) is 0 Å². The molecular weight excluding hydrogens is 324 g/mol. The number of nitrogens with zero attached hydrogens (tertiary/aromatic N) is 1. The monoisotopic (exact) mass is 332 g/mol. The number of fused-ring (bicyclic) bond motifs is 1. The van der Waals surface area contributed by atoms with Gasteiger partial charge < -0.3 is 4.98 Å². The van der Waals surface area contributed by atoms with Crippen LogP contribution >= 0.6 is 39.7 Å². The summed E-state index contributed by atoms with van der Waals surface area (Å²) in [5.74, 6) is 0.395. The maximum Gasteiger partial charge on any atom is 0.326 e. The van der Waals surface area contributed by atoms with Gasteiger partial charge in [-0.1, -0.05) is 12.2 Å². The number of aromatic nitrogens is 2. The van der Waals surface area contributed by atoms with Crippen LogP contribution in [-0.2, 0) is 12.4 Å². The highest BCUT2D eigenvalue weighted by Gasteiger charge is 2.08. The van der Waals surface area contributed by atoms with Gasteiger partial charge in [-0.2, -0.15) is 0 Å². The average molecular weight is 334 g/mol. The first-order chi connectivity index (χ1) is 8.08. The van der Waals surface area contributed by atoms with Crippen molar-refractivity contribution in [1.29, 1.82) is 0 Å². The molecule has 0 radical (unpaired) electrons. The predicted octanol–water partition coefficient (Wildman–Crippen LogP) is 3.58. The van der Waals surface area contributed by atoms with Gasteiger partial charge in [0.05, 0.1) is 5.52 Å². The minimum atomic E-state index is -0.191. The van der Waals surface area contributed by atoms with Crippen LogP contribution in [0.4, 0.5) is 0 Å². The Morgan fingerprint density at radius 1 is 1.53 bits per heavy atom. The van der Waals surface area contributed by atoms with E-state index in [0.717, 1.165) is 20.9 Å². The van der Waals surface area contributed by atoms with Crippen molar-refractivity contribution in [3.63, 3.8) is 0 Å². The molecule has 0 saturated carbocycles. The minimum Gasteiger partial charge on any atom is -0.307 e. The number of nitrogens with one attached hydrogen (secondary N) is 1. The number of aromatic amines is 1. The number of hydrogen-bond acceptors (Lipinski definition) is 2. The predicted molar refractivity (Wildman–Crippen MR) is 76.3 cm³/mol. The van der Waals surface area contributed by atoms with E-state index >= 15 is 0 Å². The summed E-state index contributed by atoms with van der Waals surface area (Å²) in [5.41, 5.74) is 1.46. The molecule has 0 spiro atoms. The van der Waals surface area contributed by atoms with Gasteiger partial charge in [-0.15, -0.1) is 11.6 Å². The maximum absolute atomic E-state index is 11.8. The summed E-state index contributed by atoms with van der Waals surface area (Å²) in [5, 5.41) is 0.843. The van der Waals surface area contributed by atoms with E-state index in [2.05, 4.69) is 20.9 Å². The quantitative estimate of drug-likeness (QED) is 0.674. The molecule has 1 heterocycles. The first kappa shape index (κ1) is 12.8. The fraction of sp³-hybridized carbons (Fsp3) is 0.273. The van der Waals surface area contributed by atoms with Crippen molar-refractivity contribution < 1.29 is 0 Å². The third kappa shape index (κ3) is 2.19. The molecule has 0 fully saturated rings. The molecule has 0 saturated heterocycles. The Balaban J connectivity index is 2.97. The lowest BCUT2D eigenvalue weighted by Crippen LogP contribution is -2.22. The van der Waals surface area contributed by atoms with E-state index in [4.69, 9.17) is 23.8 Å². The zero-order valence-electron chi connectivity index (χ0n) is 9.09. The molecule has 2 aromatic rings. The zero-order valence-corrected chi connectivity index (χ0v) is 12.2. The molecule has 1 aromatic heterocycles. The highest BCUT2D eigenvalue weighted by atomic mass is 79.9. The van der Waals surface area contributed by atoms with Crippen LogP contribution in [0.3, 0.4) is 0 Å². The van der Waals surface area contributed by atoms with Gasteiger partial charge in [0.25, 0.3) is 0 Å². The standard InChI is InChI=1S/C11H10BrClN2OS/c1-2-15-10(17)9-7(12)3-6(5-13)4-8(9)14-11(15)16/h3-4H,2,5H2,1H3,(H,14,16). The Kier molecular flexibility index (Phi) is 3.70. The van der Waals surface area contributed by atoms with Gasteiger partial charge in [-0.3, -0.25) is 4.57 Å². The second-order valence-electron chi connectivity index (χ2n) is 3.61. The molecule has 2 rings (SSSR count). The first-order valence-electron chi connectivity index (χ1n) is 5.09. The molecule has 0 aliphatic rings. The van der Waals surface area contributed by atoms with Crippen LogP contribution in [0.1, 0.15) is 12.5 Å². The molecular formula is C11H10BrClN2OS. The molecule has 1 aromatic carbocycles. The van der Waals surface area contributed by atoms with Crippen molar-refractivity contribution in [1.82, 2.24) is 9.55 Å². The summed E-state index contributed by atoms with van der Waals surface area (Å²) in [4.78, 5) is 14.6. The summed E-state index contributed by atoms with van der Waals surface area (Å²) in [6, 6.07) is 3.77. The second-order valence-corrected chi connectivity index (χ2v) is 5.12. The number of H-pyrrole nitrogens is 1. The van der Waals surface area contributed by atoms with Crippen LogP contribution in [0, 0.1) is 4.64 Å². The number of hydrogen-bond donors (Lipinski definition) is 1. The normalized spacial score (nSPS) is 11.0. The highest BCUT2D eigenvalue weighted by Crippen LogP contribution is 2.25. The van der Waals surface area contributed by atoms with Gasteiger partial charge in [0.15, 0.2) is 0 Å². The summed E-state index contributed by atoms with van der Waals surface area (Å²) in [7, 11) is 0. The summed E-state index contributed by atoms with van der Waals surface area (Å²) < 4.78 is 2.93. The molecule has 90 valence electrons. The maximum atomic E-state index is 11.8. The van der Waals surface area contributed by atoms with Gasteiger partial charge in [0.1, 0.15) is 4.64 Å². The Labute approximate surface area is 117 Å². The zero-order chi connectivity index (χ0) is 12.6. The van der Waals surface area contributed by atoms with Crippen LogP contribution in [-0.4, -0.2) is 9.55 Å². The molecule has 0 amide bonds. The van der Waals surface area contributed by atoms with Crippen molar-refractivity contribution >= 4 is 50.7 Å². The van der Waals surface area contributed by atoms with Crippen LogP contribution in [0.25, 0.3) is 10.9 Å². The second kappa shape index (κ2) is 4.92. The van der Waals surface area contributed by atoms with Crippen LogP contribution in [0.5, 0.6) is 0 Å². The van der Waals surface area contributed by atoms with Crippen molar-refractivity contribution in [3.8, 4) is 0 Å². The summed E-state index contributed by atoms with van der Waals surface area (Å²) in [6.07, 6.45) is 0. The van der Waals surface area contributed by atoms with Gasteiger partial charge in [-0.25, -0.2) is 4.79 Å². The Morgan fingerprint density at radius 2 is 2.24 bits per heavy atom. The van der Waals surface area contributed by atoms with E-state index in [1.807, 2.05) is 19.1 Å². The van der Waals surface area contributed by atoms with Crippen LogP contribution in [0.15, 0.2) is 21.4 Å². The van der Waals surface area contributed by atoms with Crippen molar-refractivity contribution in [2.45, 2.75) is 19.3 Å². The van der Waals surface area contributed by atoms with Gasteiger partial charge in [0, 0.05) is 22.3 Å². The summed E-state index contributed by atoms with van der Waals surface area (Å²) in [6.45, 7) is 2.44. The average Bonchev–Trinajstić information content (AvgIpc) is 2.28. The van der Waals surface area contributed by atoms with E-state index in [9.17, 15) is 4.79 Å². The van der Waals surface area contributed by atoms with Gasteiger partial charge >= 0.3 is 5.69 Å². The SMILES string of the molecule is CCn1c(=O)[nH]c2cc(CCl)cc(Br)c2c1=S. The smallest absolute Gasteiger partial charge is 0.307 e. The third-order valence-electron chi connectivity index (χ3n) is 2.57. The van der Waals surface area contributed by atoms with E-state index < -0.39 is 0 Å². The van der Waals surface area contributed by atoms with E-state index in [1.165, 1.54) is 4.57 Å². The topological polar surface area (TPSA) is 37.8 Å². The van der Waals surface area contributed by atoms with Crippen molar-refractivity contribution in [2.75, 3.05) is 0 Å². The lowest BCUT2D eigenvalue weighted by atomic mass is 10.2. The fourth-order valence-electron chi connectivity index (χ4n) is 1.75. The fourth-order valence-corrected chi connectivity index (χ4v) is 3.17. The molecule has 3 nitrogen and oxygen atoms in total. The van der Waals surface area contributed by atoms with E-state index in [0.29, 0.717) is 17.1 Å². The summed E-state index contributed by atoms with van der Waals surface area (Å²) >= 11 is 14.6. The number of benzene rings is 1. The molecule has 0 aliphatic heterocycles. The molecule has 0 unspecified atom stereocenters. The molecule has 0 bridgehead atoms. The molecule has 0 atom stereocenters. The van der Waals surface area contributed by atoms with E-state index in [1.54, 1.807) is 0 Å². The first-order valence-corrected chi connectivity index (χ1v) is 6.83. The highest BCUT2D eigenvalue weighted by molar-refractivity contribution is 9.10. The number of rotatable bonds is 2. The van der Waals surface area contributed by atoms with Crippen LogP contribution < -0.4 is 5.69 Å². The Hall–Kier alpha value is -0.650. The van der Waals surface area contributed by atoms with Gasteiger partial charge in [0.2, 0.25) is 0 Å². The lowest BCUT2D eigenvalue weighted by molar-refractivity contribution is 0.699. The van der Waals surface area contributed by atoms with Crippen LogP contribution in [0.2, 0.25) is 0 Å². The molecule has 0 aliphatic carbocycles.